The lowest BCUT2D eigenvalue weighted by Crippen LogP contribution is -2.42. The quantitative estimate of drug-likeness (QED) is 0.871. The average Bonchev–Trinajstić information content (AvgIpc) is 2.45. The molecule has 1 aromatic rings. The molecule has 0 unspecified atom stereocenters. The van der Waals surface area contributed by atoms with Gasteiger partial charge in [0.25, 0.3) is 0 Å². The second-order valence-corrected chi connectivity index (χ2v) is 5.22. The van der Waals surface area contributed by atoms with Crippen molar-refractivity contribution in [2.45, 2.75) is 37.6 Å². The molecule has 1 aromatic carbocycles. The molecule has 1 fully saturated rings. The first-order valence-corrected chi connectivity index (χ1v) is 6.82. The average molecular weight is 247 g/mol. The molecule has 1 aliphatic carbocycles. The SMILES string of the molecule is COc1ccc2c(c1OC)CC[C@@H]1NCCC[C@H]21. The van der Waals surface area contributed by atoms with Gasteiger partial charge in [-0.15, -0.1) is 0 Å². The molecule has 0 amide bonds. The highest BCUT2D eigenvalue weighted by molar-refractivity contribution is 5.53. The first kappa shape index (κ1) is 11.8. The number of ether oxygens (including phenoxy) is 2. The normalized spacial score (nSPS) is 26.1. The molecule has 3 nitrogen and oxygen atoms in total. The summed E-state index contributed by atoms with van der Waals surface area (Å²) in [6.07, 6.45) is 4.86. The lowest BCUT2D eigenvalue weighted by molar-refractivity contribution is 0.307. The Kier molecular flexibility index (Phi) is 3.16. The monoisotopic (exact) mass is 247 g/mol. The molecule has 1 saturated heterocycles. The van der Waals surface area contributed by atoms with Gasteiger partial charge >= 0.3 is 0 Å². The molecular formula is C15H21NO2. The molecule has 1 aliphatic heterocycles. The van der Waals surface area contributed by atoms with Crippen LogP contribution in [0.3, 0.4) is 0 Å². The number of fused-ring (bicyclic) bond motifs is 3. The lowest BCUT2D eigenvalue weighted by atomic mass is 9.75. The molecular weight excluding hydrogens is 226 g/mol. The van der Waals surface area contributed by atoms with Crippen LogP contribution in [-0.2, 0) is 6.42 Å². The van der Waals surface area contributed by atoms with Crippen LogP contribution < -0.4 is 14.8 Å². The third kappa shape index (κ3) is 1.77. The number of benzene rings is 1. The Morgan fingerprint density at radius 3 is 2.83 bits per heavy atom. The van der Waals surface area contributed by atoms with Crippen LogP contribution in [0.2, 0.25) is 0 Å². The van der Waals surface area contributed by atoms with E-state index in [1.54, 1.807) is 14.2 Å². The first-order chi connectivity index (χ1) is 8.85. The van der Waals surface area contributed by atoms with Crippen LogP contribution in [0.4, 0.5) is 0 Å². The Bertz CT molecular complexity index is 444. The zero-order valence-corrected chi connectivity index (χ0v) is 11.2. The molecule has 0 bridgehead atoms. The van der Waals surface area contributed by atoms with Crippen molar-refractivity contribution in [2.75, 3.05) is 20.8 Å². The van der Waals surface area contributed by atoms with Gasteiger partial charge in [0.2, 0.25) is 0 Å². The van der Waals surface area contributed by atoms with Crippen molar-refractivity contribution in [3.8, 4) is 11.5 Å². The molecule has 2 atom stereocenters. The van der Waals surface area contributed by atoms with Gasteiger partial charge < -0.3 is 14.8 Å². The van der Waals surface area contributed by atoms with E-state index in [1.165, 1.54) is 36.9 Å². The Morgan fingerprint density at radius 1 is 1.17 bits per heavy atom. The zero-order valence-electron chi connectivity index (χ0n) is 11.2. The van der Waals surface area contributed by atoms with Crippen LogP contribution in [-0.4, -0.2) is 26.8 Å². The highest BCUT2D eigenvalue weighted by Crippen LogP contribution is 2.44. The Balaban J connectivity index is 2.04. The van der Waals surface area contributed by atoms with Gasteiger partial charge in [-0.25, -0.2) is 0 Å². The van der Waals surface area contributed by atoms with Crippen LogP contribution in [0, 0.1) is 0 Å². The van der Waals surface area contributed by atoms with Crippen molar-refractivity contribution in [2.24, 2.45) is 0 Å². The minimum Gasteiger partial charge on any atom is -0.493 e. The molecule has 3 heteroatoms. The van der Waals surface area contributed by atoms with Crippen molar-refractivity contribution in [3.63, 3.8) is 0 Å². The van der Waals surface area contributed by atoms with Crippen LogP contribution in [0.1, 0.15) is 36.3 Å². The van der Waals surface area contributed by atoms with E-state index in [-0.39, 0.29) is 0 Å². The minimum absolute atomic E-state index is 0.655. The van der Waals surface area contributed by atoms with E-state index in [0.29, 0.717) is 12.0 Å². The summed E-state index contributed by atoms with van der Waals surface area (Å²) in [6, 6.07) is 4.94. The van der Waals surface area contributed by atoms with E-state index in [0.717, 1.165) is 17.9 Å². The van der Waals surface area contributed by atoms with E-state index in [2.05, 4.69) is 17.4 Å². The third-order valence-electron chi connectivity index (χ3n) is 4.37. The fourth-order valence-electron chi connectivity index (χ4n) is 3.54. The molecule has 18 heavy (non-hydrogen) atoms. The molecule has 98 valence electrons. The summed E-state index contributed by atoms with van der Waals surface area (Å²) in [7, 11) is 3.45. The summed E-state index contributed by atoms with van der Waals surface area (Å²) < 4.78 is 11.0. The zero-order chi connectivity index (χ0) is 12.5. The van der Waals surface area contributed by atoms with E-state index < -0.39 is 0 Å². The smallest absolute Gasteiger partial charge is 0.164 e. The second kappa shape index (κ2) is 4.81. The van der Waals surface area contributed by atoms with Crippen molar-refractivity contribution in [1.82, 2.24) is 5.32 Å². The van der Waals surface area contributed by atoms with Gasteiger partial charge in [0.1, 0.15) is 0 Å². The third-order valence-corrected chi connectivity index (χ3v) is 4.37. The standard InChI is InChI=1S/C15H21NO2/c1-17-14-8-6-10-11-4-3-9-16-13(11)7-5-12(10)15(14)18-2/h6,8,11,13,16H,3-5,7,9H2,1-2H3/t11-,13+/m1/s1. The lowest BCUT2D eigenvalue weighted by Gasteiger charge is -2.38. The topological polar surface area (TPSA) is 30.5 Å². The van der Waals surface area contributed by atoms with E-state index in [4.69, 9.17) is 9.47 Å². The molecule has 0 aromatic heterocycles. The molecule has 2 aliphatic rings. The van der Waals surface area contributed by atoms with Crippen LogP contribution in [0.15, 0.2) is 12.1 Å². The van der Waals surface area contributed by atoms with E-state index in [9.17, 15) is 0 Å². The van der Waals surface area contributed by atoms with Crippen molar-refractivity contribution >= 4 is 0 Å². The minimum atomic E-state index is 0.655. The Morgan fingerprint density at radius 2 is 2.06 bits per heavy atom. The van der Waals surface area contributed by atoms with Gasteiger partial charge in [-0.3, -0.25) is 0 Å². The predicted molar refractivity (Wildman–Crippen MR) is 71.6 cm³/mol. The van der Waals surface area contributed by atoms with E-state index >= 15 is 0 Å². The maximum Gasteiger partial charge on any atom is 0.164 e. The maximum atomic E-state index is 5.57. The molecule has 3 rings (SSSR count). The number of rotatable bonds is 2. The predicted octanol–water partition coefficient (Wildman–Crippen LogP) is 2.49. The summed E-state index contributed by atoms with van der Waals surface area (Å²) >= 11 is 0. The summed E-state index contributed by atoms with van der Waals surface area (Å²) in [4.78, 5) is 0. The molecule has 0 saturated carbocycles. The summed E-state index contributed by atoms with van der Waals surface area (Å²) in [5.41, 5.74) is 2.83. The van der Waals surface area contributed by atoms with Crippen molar-refractivity contribution in [3.05, 3.63) is 23.3 Å². The maximum absolute atomic E-state index is 5.57. The van der Waals surface area contributed by atoms with Gasteiger partial charge in [-0.1, -0.05) is 6.07 Å². The van der Waals surface area contributed by atoms with Gasteiger partial charge in [0.05, 0.1) is 14.2 Å². The van der Waals surface area contributed by atoms with Crippen molar-refractivity contribution in [1.29, 1.82) is 0 Å². The first-order valence-electron chi connectivity index (χ1n) is 6.82. The Labute approximate surface area is 108 Å². The number of methoxy groups -OCH3 is 2. The van der Waals surface area contributed by atoms with Gasteiger partial charge in [-0.05, 0) is 49.8 Å². The fourth-order valence-corrected chi connectivity index (χ4v) is 3.54. The van der Waals surface area contributed by atoms with Crippen LogP contribution in [0.25, 0.3) is 0 Å². The largest absolute Gasteiger partial charge is 0.493 e. The summed E-state index contributed by atoms with van der Waals surface area (Å²) in [5.74, 6) is 2.46. The molecule has 0 radical (unpaired) electrons. The molecule has 1 heterocycles. The van der Waals surface area contributed by atoms with Crippen molar-refractivity contribution < 1.29 is 9.47 Å². The molecule has 1 N–H and O–H groups in total. The number of hydrogen-bond donors (Lipinski definition) is 1. The second-order valence-electron chi connectivity index (χ2n) is 5.22. The Hall–Kier alpha value is -1.22. The van der Waals surface area contributed by atoms with Crippen LogP contribution >= 0.6 is 0 Å². The highest BCUT2D eigenvalue weighted by atomic mass is 16.5. The summed E-state index contributed by atoms with van der Waals surface area (Å²) in [6.45, 7) is 1.17. The number of nitrogens with one attached hydrogen (secondary N) is 1. The van der Waals surface area contributed by atoms with Crippen LogP contribution in [0.5, 0.6) is 11.5 Å². The van der Waals surface area contributed by atoms with E-state index in [1.807, 2.05) is 0 Å². The number of hydrogen-bond acceptors (Lipinski definition) is 3. The molecule has 0 spiro atoms. The fraction of sp³-hybridized carbons (Fsp3) is 0.600. The summed E-state index contributed by atoms with van der Waals surface area (Å²) in [5, 5.41) is 3.66. The van der Waals surface area contributed by atoms with Gasteiger partial charge in [0.15, 0.2) is 11.5 Å². The van der Waals surface area contributed by atoms with Gasteiger partial charge in [-0.2, -0.15) is 0 Å². The number of piperidine rings is 1. The van der Waals surface area contributed by atoms with Gasteiger partial charge in [0, 0.05) is 11.6 Å². The highest BCUT2D eigenvalue weighted by Gasteiger charge is 2.33.